The molecule has 0 aliphatic heterocycles. The van der Waals surface area contributed by atoms with Gasteiger partial charge in [-0.15, -0.1) is 0 Å². The van der Waals surface area contributed by atoms with Crippen molar-refractivity contribution in [2.75, 3.05) is 7.11 Å². The van der Waals surface area contributed by atoms with E-state index in [0.29, 0.717) is 6.10 Å². The van der Waals surface area contributed by atoms with Crippen LogP contribution < -0.4 is 9.47 Å². The molecule has 2 aliphatic carbocycles. The molecule has 4 rings (SSSR count). The largest absolute Gasteiger partial charge is 0.493 e. The Morgan fingerprint density at radius 3 is 2.25 bits per heavy atom. The summed E-state index contributed by atoms with van der Waals surface area (Å²) in [5.41, 5.74) is 5.56. The second kappa shape index (κ2) is 6.88. The standard InChI is InChI=1S/C22H26O2/c1-23-21-13-12-19(15-22(21)24-20-8-4-5-9-20)18-11-10-16-6-2-3-7-17(16)14-18/h10-15,20H,2-9H2,1H3. The molecule has 2 nitrogen and oxygen atoms in total. The van der Waals surface area contributed by atoms with Gasteiger partial charge >= 0.3 is 0 Å². The predicted octanol–water partition coefficient (Wildman–Crippen LogP) is 5.56. The summed E-state index contributed by atoms with van der Waals surface area (Å²) in [4.78, 5) is 0. The molecule has 1 saturated carbocycles. The van der Waals surface area contributed by atoms with Gasteiger partial charge in [0.15, 0.2) is 11.5 Å². The Balaban J connectivity index is 1.65. The second-order valence-electron chi connectivity index (χ2n) is 7.08. The molecule has 0 atom stereocenters. The topological polar surface area (TPSA) is 18.5 Å². The molecule has 126 valence electrons. The summed E-state index contributed by atoms with van der Waals surface area (Å²) in [6, 6.07) is 13.3. The lowest BCUT2D eigenvalue weighted by molar-refractivity contribution is 0.201. The Labute approximate surface area is 144 Å². The summed E-state index contributed by atoms with van der Waals surface area (Å²) >= 11 is 0. The highest BCUT2D eigenvalue weighted by Crippen LogP contribution is 2.36. The van der Waals surface area contributed by atoms with Crippen molar-refractivity contribution in [3.8, 4) is 22.6 Å². The summed E-state index contributed by atoms with van der Waals surface area (Å²) in [5.74, 6) is 1.73. The van der Waals surface area contributed by atoms with E-state index in [1.165, 1.54) is 60.8 Å². The number of rotatable bonds is 4. The Morgan fingerprint density at radius 1 is 0.750 bits per heavy atom. The van der Waals surface area contributed by atoms with Crippen LogP contribution in [-0.4, -0.2) is 13.2 Å². The first-order chi connectivity index (χ1) is 11.8. The quantitative estimate of drug-likeness (QED) is 0.733. The molecule has 0 amide bonds. The lowest BCUT2D eigenvalue weighted by Crippen LogP contribution is -2.11. The number of hydrogen-bond acceptors (Lipinski definition) is 2. The van der Waals surface area contributed by atoms with Gasteiger partial charge in [0.05, 0.1) is 13.2 Å². The molecule has 0 aromatic heterocycles. The van der Waals surface area contributed by atoms with Crippen molar-refractivity contribution < 1.29 is 9.47 Å². The van der Waals surface area contributed by atoms with E-state index in [9.17, 15) is 0 Å². The van der Waals surface area contributed by atoms with Crippen LogP contribution in [0.5, 0.6) is 11.5 Å². The molecule has 0 spiro atoms. The Hall–Kier alpha value is -1.96. The van der Waals surface area contributed by atoms with E-state index in [2.05, 4.69) is 30.3 Å². The van der Waals surface area contributed by atoms with Gasteiger partial charge in [0.25, 0.3) is 0 Å². The van der Waals surface area contributed by atoms with Gasteiger partial charge in [-0.3, -0.25) is 0 Å². The normalized spacial score (nSPS) is 17.5. The molecular weight excluding hydrogens is 296 g/mol. The Bertz CT molecular complexity index is 714. The van der Waals surface area contributed by atoms with Crippen molar-refractivity contribution in [2.24, 2.45) is 0 Å². The minimum atomic E-state index is 0.345. The van der Waals surface area contributed by atoms with Crippen molar-refractivity contribution in [1.82, 2.24) is 0 Å². The highest BCUT2D eigenvalue weighted by molar-refractivity contribution is 5.68. The van der Waals surface area contributed by atoms with Crippen LogP contribution in [0.4, 0.5) is 0 Å². The second-order valence-corrected chi connectivity index (χ2v) is 7.08. The fraction of sp³-hybridized carbons (Fsp3) is 0.455. The van der Waals surface area contributed by atoms with Crippen molar-refractivity contribution in [3.05, 3.63) is 47.5 Å². The van der Waals surface area contributed by atoms with Crippen LogP contribution in [0.25, 0.3) is 11.1 Å². The maximum absolute atomic E-state index is 6.25. The molecule has 24 heavy (non-hydrogen) atoms. The fourth-order valence-corrected chi connectivity index (χ4v) is 4.05. The average molecular weight is 322 g/mol. The third kappa shape index (κ3) is 3.15. The summed E-state index contributed by atoms with van der Waals surface area (Å²) < 4.78 is 11.8. The molecule has 0 heterocycles. The minimum Gasteiger partial charge on any atom is -0.493 e. The van der Waals surface area contributed by atoms with Gasteiger partial charge in [0.1, 0.15) is 0 Å². The SMILES string of the molecule is COc1ccc(-c2ccc3c(c2)CCCC3)cc1OC1CCCC1. The van der Waals surface area contributed by atoms with Crippen LogP contribution in [0.2, 0.25) is 0 Å². The number of fused-ring (bicyclic) bond motifs is 1. The zero-order chi connectivity index (χ0) is 16.4. The van der Waals surface area contributed by atoms with Gasteiger partial charge < -0.3 is 9.47 Å². The van der Waals surface area contributed by atoms with E-state index in [1.54, 1.807) is 7.11 Å². The summed E-state index contributed by atoms with van der Waals surface area (Å²) in [7, 11) is 1.72. The highest BCUT2D eigenvalue weighted by atomic mass is 16.5. The van der Waals surface area contributed by atoms with Crippen LogP contribution in [0, 0.1) is 0 Å². The third-order valence-corrected chi connectivity index (χ3v) is 5.44. The molecule has 0 bridgehead atoms. The number of methoxy groups -OCH3 is 1. The van der Waals surface area contributed by atoms with E-state index in [1.807, 2.05) is 6.07 Å². The molecule has 2 aliphatic rings. The Kier molecular flexibility index (Phi) is 4.46. The maximum atomic E-state index is 6.25. The van der Waals surface area contributed by atoms with Crippen molar-refractivity contribution >= 4 is 0 Å². The monoisotopic (exact) mass is 322 g/mol. The molecule has 0 radical (unpaired) electrons. The van der Waals surface area contributed by atoms with Crippen LogP contribution in [0.3, 0.4) is 0 Å². The smallest absolute Gasteiger partial charge is 0.162 e. The van der Waals surface area contributed by atoms with Gasteiger partial charge in [0.2, 0.25) is 0 Å². The third-order valence-electron chi connectivity index (χ3n) is 5.44. The lowest BCUT2D eigenvalue weighted by Gasteiger charge is -2.19. The molecule has 0 unspecified atom stereocenters. The molecule has 2 heteroatoms. The maximum Gasteiger partial charge on any atom is 0.162 e. The molecule has 2 aromatic carbocycles. The Morgan fingerprint density at radius 2 is 1.46 bits per heavy atom. The van der Waals surface area contributed by atoms with E-state index in [-0.39, 0.29) is 0 Å². The van der Waals surface area contributed by atoms with Crippen molar-refractivity contribution in [1.29, 1.82) is 0 Å². The summed E-state index contributed by atoms with van der Waals surface area (Å²) in [5, 5.41) is 0. The van der Waals surface area contributed by atoms with Gasteiger partial charge in [-0.2, -0.15) is 0 Å². The van der Waals surface area contributed by atoms with Gasteiger partial charge in [0, 0.05) is 0 Å². The highest BCUT2D eigenvalue weighted by Gasteiger charge is 2.19. The van der Waals surface area contributed by atoms with Crippen LogP contribution in [0.15, 0.2) is 36.4 Å². The number of ether oxygens (including phenoxy) is 2. The van der Waals surface area contributed by atoms with Gasteiger partial charge in [-0.25, -0.2) is 0 Å². The zero-order valence-corrected chi connectivity index (χ0v) is 14.5. The summed E-state index contributed by atoms with van der Waals surface area (Å²) in [6.45, 7) is 0. The average Bonchev–Trinajstić information content (AvgIpc) is 3.14. The predicted molar refractivity (Wildman–Crippen MR) is 98.0 cm³/mol. The van der Waals surface area contributed by atoms with Gasteiger partial charge in [-0.1, -0.05) is 24.3 Å². The van der Waals surface area contributed by atoms with Crippen LogP contribution in [-0.2, 0) is 12.8 Å². The van der Waals surface area contributed by atoms with E-state index < -0.39 is 0 Å². The van der Waals surface area contributed by atoms with Crippen molar-refractivity contribution in [3.63, 3.8) is 0 Å². The number of aryl methyl sites for hydroxylation is 2. The van der Waals surface area contributed by atoms with Crippen LogP contribution >= 0.6 is 0 Å². The number of hydrogen-bond donors (Lipinski definition) is 0. The molecule has 1 fully saturated rings. The van der Waals surface area contributed by atoms with E-state index >= 15 is 0 Å². The fourth-order valence-electron chi connectivity index (χ4n) is 4.05. The molecule has 2 aromatic rings. The summed E-state index contributed by atoms with van der Waals surface area (Å²) in [6.07, 6.45) is 10.3. The van der Waals surface area contributed by atoms with E-state index in [4.69, 9.17) is 9.47 Å². The number of benzene rings is 2. The first-order valence-electron chi connectivity index (χ1n) is 9.30. The van der Waals surface area contributed by atoms with Crippen LogP contribution in [0.1, 0.15) is 49.7 Å². The first-order valence-corrected chi connectivity index (χ1v) is 9.30. The zero-order valence-electron chi connectivity index (χ0n) is 14.5. The first kappa shape index (κ1) is 15.6. The lowest BCUT2D eigenvalue weighted by atomic mass is 9.89. The molecule has 0 saturated heterocycles. The van der Waals surface area contributed by atoms with E-state index in [0.717, 1.165) is 24.3 Å². The molecular formula is C22H26O2. The minimum absolute atomic E-state index is 0.345. The van der Waals surface area contributed by atoms with Crippen molar-refractivity contribution in [2.45, 2.75) is 57.5 Å². The molecule has 0 N–H and O–H groups in total. The van der Waals surface area contributed by atoms with Gasteiger partial charge in [-0.05, 0) is 85.8 Å².